The molecular weight excluding hydrogens is 358 g/mol. The van der Waals surface area contributed by atoms with Gasteiger partial charge in [-0.05, 0) is 37.1 Å². The summed E-state index contributed by atoms with van der Waals surface area (Å²) in [7, 11) is 1.66. The molecule has 166 valence electrons. The van der Waals surface area contributed by atoms with Crippen LogP contribution < -0.4 is 4.74 Å². The SMILES string of the molecule is CCCCCCCCCN(CCCCCCCCC)C(=O)c1ccc(OC)cc1. The van der Waals surface area contributed by atoms with E-state index in [-0.39, 0.29) is 5.91 Å². The zero-order valence-corrected chi connectivity index (χ0v) is 19.4. The molecule has 3 heteroatoms. The van der Waals surface area contributed by atoms with Crippen LogP contribution in [0.5, 0.6) is 5.75 Å². The number of amides is 1. The highest BCUT2D eigenvalue weighted by molar-refractivity contribution is 5.94. The molecule has 29 heavy (non-hydrogen) atoms. The first-order valence-corrected chi connectivity index (χ1v) is 12.2. The fraction of sp³-hybridized carbons (Fsp3) is 0.731. The Morgan fingerprint density at radius 1 is 0.690 bits per heavy atom. The van der Waals surface area contributed by atoms with Gasteiger partial charge in [-0.15, -0.1) is 0 Å². The highest BCUT2D eigenvalue weighted by atomic mass is 16.5. The van der Waals surface area contributed by atoms with Crippen LogP contribution in [-0.2, 0) is 0 Å². The van der Waals surface area contributed by atoms with Crippen LogP contribution in [0.3, 0.4) is 0 Å². The topological polar surface area (TPSA) is 29.5 Å². The second kappa shape index (κ2) is 17.4. The number of carbonyl (C=O) groups is 1. The minimum atomic E-state index is 0.171. The standard InChI is InChI=1S/C26H45NO2/c1-4-6-8-10-12-14-16-22-27(23-17-15-13-11-9-7-5-2)26(28)24-18-20-25(29-3)21-19-24/h18-21H,4-17,22-23H2,1-3H3. The van der Waals surface area contributed by atoms with Crippen molar-refractivity contribution in [3.63, 3.8) is 0 Å². The number of unbranched alkanes of at least 4 members (excludes halogenated alkanes) is 12. The van der Waals surface area contributed by atoms with Gasteiger partial charge in [0.25, 0.3) is 5.91 Å². The zero-order valence-electron chi connectivity index (χ0n) is 19.4. The fourth-order valence-electron chi connectivity index (χ4n) is 3.75. The highest BCUT2D eigenvalue weighted by Gasteiger charge is 2.15. The van der Waals surface area contributed by atoms with Crippen LogP contribution in [-0.4, -0.2) is 31.0 Å². The Balaban J connectivity index is 2.45. The molecule has 1 aromatic carbocycles. The lowest BCUT2D eigenvalue weighted by molar-refractivity contribution is 0.0749. The smallest absolute Gasteiger partial charge is 0.253 e. The van der Waals surface area contributed by atoms with Gasteiger partial charge in [0.2, 0.25) is 0 Å². The van der Waals surface area contributed by atoms with Gasteiger partial charge in [0.1, 0.15) is 5.75 Å². The molecule has 0 aliphatic heterocycles. The van der Waals surface area contributed by atoms with E-state index in [4.69, 9.17) is 4.74 Å². The molecule has 0 aromatic heterocycles. The van der Waals surface area contributed by atoms with Gasteiger partial charge in [-0.1, -0.05) is 90.9 Å². The summed E-state index contributed by atoms with van der Waals surface area (Å²) >= 11 is 0. The first kappa shape index (κ1) is 25.5. The van der Waals surface area contributed by atoms with E-state index in [1.165, 1.54) is 77.0 Å². The monoisotopic (exact) mass is 403 g/mol. The van der Waals surface area contributed by atoms with Crippen molar-refractivity contribution in [1.29, 1.82) is 0 Å². The molecular formula is C26H45NO2. The van der Waals surface area contributed by atoms with Crippen LogP contribution >= 0.6 is 0 Å². The van der Waals surface area contributed by atoms with Crippen molar-refractivity contribution in [2.45, 2.75) is 104 Å². The lowest BCUT2D eigenvalue weighted by atomic mass is 10.1. The molecule has 0 unspecified atom stereocenters. The summed E-state index contributed by atoms with van der Waals surface area (Å²) in [6, 6.07) is 7.55. The van der Waals surface area contributed by atoms with E-state index in [0.717, 1.165) is 37.2 Å². The van der Waals surface area contributed by atoms with Crippen molar-refractivity contribution >= 4 is 5.91 Å². The van der Waals surface area contributed by atoms with Crippen molar-refractivity contribution in [2.24, 2.45) is 0 Å². The van der Waals surface area contributed by atoms with Crippen molar-refractivity contribution < 1.29 is 9.53 Å². The molecule has 0 N–H and O–H groups in total. The van der Waals surface area contributed by atoms with E-state index in [2.05, 4.69) is 18.7 Å². The Morgan fingerprint density at radius 3 is 1.52 bits per heavy atom. The zero-order chi connectivity index (χ0) is 21.2. The predicted octanol–water partition coefficient (Wildman–Crippen LogP) is 7.64. The molecule has 0 saturated heterocycles. The summed E-state index contributed by atoms with van der Waals surface area (Å²) in [5, 5.41) is 0. The van der Waals surface area contributed by atoms with Gasteiger partial charge < -0.3 is 9.64 Å². The summed E-state index contributed by atoms with van der Waals surface area (Å²) < 4.78 is 5.22. The number of methoxy groups -OCH3 is 1. The van der Waals surface area contributed by atoms with Crippen LogP contribution in [0.15, 0.2) is 24.3 Å². The summed E-state index contributed by atoms with van der Waals surface area (Å²) in [4.78, 5) is 15.1. The number of hydrogen-bond donors (Lipinski definition) is 0. The summed E-state index contributed by atoms with van der Waals surface area (Å²) in [6.45, 7) is 6.28. The molecule has 3 nitrogen and oxygen atoms in total. The molecule has 0 spiro atoms. The molecule has 0 aliphatic rings. The van der Waals surface area contributed by atoms with Gasteiger partial charge in [-0.2, -0.15) is 0 Å². The van der Waals surface area contributed by atoms with Crippen molar-refractivity contribution in [1.82, 2.24) is 4.90 Å². The second-order valence-corrected chi connectivity index (χ2v) is 8.26. The van der Waals surface area contributed by atoms with E-state index in [0.29, 0.717) is 0 Å². The highest BCUT2D eigenvalue weighted by Crippen LogP contribution is 2.15. The molecule has 1 amide bonds. The number of nitrogens with zero attached hydrogens (tertiary/aromatic N) is 1. The summed E-state index contributed by atoms with van der Waals surface area (Å²) in [5.74, 6) is 0.969. The van der Waals surface area contributed by atoms with E-state index >= 15 is 0 Å². The van der Waals surface area contributed by atoms with Crippen LogP contribution in [0.4, 0.5) is 0 Å². The first-order valence-electron chi connectivity index (χ1n) is 12.2. The van der Waals surface area contributed by atoms with Crippen molar-refractivity contribution in [3.05, 3.63) is 29.8 Å². The maximum absolute atomic E-state index is 13.0. The lowest BCUT2D eigenvalue weighted by Crippen LogP contribution is -2.33. The third-order valence-corrected chi connectivity index (χ3v) is 5.69. The molecule has 0 bridgehead atoms. The number of carbonyl (C=O) groups excluding carboxylic acids is 1. The molecule has 0 saturated carbocycles. The number of rotatable bonds is 18. The van der Waals surface area contributed by atoms with Gasteiger partial charge in [0.15, 0.2) is 0 Å². The molecule has 0 atom stereocenters. The average molecular weight is 404 g/mol. The lowest BCUT2D eigenvalue weighted by Gasteiger charge is -2.23. The Morgan fingerprint density at radius 2 is 1.10 bits per heavy atom. The molecule has 1 rings (SSSR count). The maximum Gasteiger partial charge on any atom is 0.253 e. The normalized spacial score (nSPS) is 10.9. The Hall–Kier alpha value is -1.51. The van der Waals surface area contributed by atoms with Crippen LogP contribution in [0.1, 0.15) is 114 Å². The van der Waals surface area contributed by atoms with Crippen LogP contribution in [0.2, 0.25) is 0 Å². The van der Waals surface area contributed by atoms with Gasteiger partial charge >= 0.3 is 0 Å². The molecule has 0 aliphatic carbocycles. The Kier molecular flexibility index (Phi) is 15.3. The average Bonchev–Trinajstić information content (AvgIpc) is 2.76. The second-order valence-electron chi connectivity index (χ2n) is 8.26. The summed E-state index contributed by atoms with van der Waals surface area (Å²) in [6.07, 6.45) is 17.9. The van der Waals surface area contributed by atoms with Crippen LogP contribution in [0, 0.1) is 0 Å². The van der Waals surface area contributed by atoms with Crippen LogP contribution in [0.25, 0.3) is 0 Å². The molecule has 1 aromatic rings. The molecule has 0 fully saturated rings. The number of benzene rings is 1. The third kappa shape index (κ3) is 11.9. The van der Waals surface area contributed by atoms with Gasteiger partial charge in [0, 0.05) is 18.7 Å². The predicted molar refractivity (Wildman–Crippen MR) is 125 cm³/mol. The third-order valence-electron chi connectivity index (χ3n) is 5.69. The van der Waals surface area contributed by atoms with E-state index in [1.807, 2.05) is 24.3 Å². The quantitative estimate of drug-likeness (QED) is 0.236. The van der Waals surface area contributed by atoms with Gasteiger partial charge in [-0.25, -0.2) is 0 Å². The van der Waals surface area contributed by atoms with Crippen molar-refractivity contribution in [2.75, 3.05) is 20.2 Å². The van der Waals surface area contributed by atoms with E-state index in [1.54, 1.807) is 7.11 Å². The fourth-order valence-corrected chi connectivity index (χ4v) is 3.75. The van der Waals surface area contributed by atoms with E-state index < -0.39 is 0 Å². The Bertz CT molecular complexity index is 494. The first-order chi connectivity index (χ1) is 14.2. The Labute approximate surface area is 180 Å². The maximum atomic E-state index is 13.0. The van der Waals surface area contributed by atoms with Crippen molar-refractivity contribution in [3.8, 4) is 5.75 Å². The van der Waals surface area contributed by atoms with Gasteiger partial charge in [-0.3, -0.25) is 4.79 Å². The van der Waals surface area contributed by atoms with Gasteiger partial charge in [0.05, 0.1) is 7.11 Å². The minimum absolute atomic E-state index is 0.171. The number of hydrogen-bond acceptors (Lipinski definition) is 2. The largest absolute Gasteiger partial charge is 0.497 e. The molecule has 0 radical (unpaired) electrons. The minimum Gasteiger partial charge on any atom is -0.497 e. The molecule has 0 heterocycles. The summed E-state index contributed by atoms with van der Waals surface area (Å²) in [5.41, 5.74) is 0.775. The van der Waals surface area contributed by atoms with E-state index in [9.17, 15) is 4.79 Å². The number of ether oxygens (including phenoxy) is 1.